The lowest BCUT2D eigenvalue weighted by Crippen LogP contribution is -2.09. The van der Waals surface area contributed by atoms with Crippen LogP contribution < -0.4 is 5.32 Å². The Morgan fingerprint density at radius 2 is 1.89 bits per heavy atom. The van der Waals surface area contributed by atoms with Crippen molar-refractivity contribution in [2.45, 2.75) is 11.3 Å². The summed E-state index contributed by atoms with van der Waals surface area (Å²) in [6.07, 6.45) is 2.04. The van der Waals surface area contributed by atoms with Crippen LogP contribution in [0.3, 0.4) is 0 Å². The van der Waals surface area contributed by atoms with Crippen molar-refractivity contribution in [3.05, 3.63) is 29.3 Å². The molecule has 7 heteroatoms. The molecule has 1 heterocycles. The molecule has 0 fully saturated rings. The number of rotatable bonds is 5. The largest absolute Gasteiger partial charge is 0.319 e. The number of likely N-dealkylation sites (N-methyl/N-ethyl adjacent to an activating group) is 1. The summed E-state index contributed by atoms with van der Waals surface area (Å²) in [6.45, 7) is 0.863. The average molecular weight is 297 g/mol. The van der Waals surface area contributed by atoms with E-state index in [0.717, 1.165) is 28.5 Å². The topological polar surface area (TPSA) is 72.0 Å². The predicted octanol–water partition coefficient (Wildman–Crippen LogP) is 1.37. The van der Waals surface area contributed by atoms with Crippen LogP contribution in [0, 0.1) is 0 Å². The van der Waals surface area contributed by atoms with Crippen LogP contribution in [0.2, 0.25) is 0 Å². The van der Waals surface area contributed by atoms with Crippen molar-refractivity contribution in [3.8, 4) is 10.6 Å². The van der Waals surface area contributed by atoms with Crippen LogP contribution in [0.1, 0.15) is 5.01 Å². The maximum absolute atomic E-state index is 11.4. The van der Waals surface area contributed by atoms with E-state index in [1.54, 1.807) is 24.3 Å². The maximum Gasteiger partial charge on any atom is 0.175 e. The van der Waals surface area contributed by atoms with Gasteiger partial charge in [-0.3, -0.25) is 0 Å². The molecule has 2 rings (SSSR count). The molecule has 0 bridgehead atoms. The zero-order valence-electron chi connectivity index (χ0n) is 10.8. The van der Waals surface area contributed by atoms with Crippen molar-refractivity contribution in [3.63, 3.8) is 0 Å². The van der Waals surface area contributed by atoms with E-state index in [0.29, 0.717) is 4.90 Å². The highest BCUT2D eigenvalue weighted by atomic mass is 32.2. The van der Waals surface area contributed by atoms with E-state index in [1.807, 2.05) is 7.05 Å². The molecule has 0 saturated heterocycles. The summed E-state index contributed by atoms with van der Waals surface area (Å²) in [5.74, 6) is 0. The first-order chi connectivity index (χ1) is 9.00. The Balaban J connectivity index is 2.20. The number of hydrogen-bond donors (Lipinski definition) is 1. The molecule has 0 aliphatic heterocycles. The first kappa shape index (κ1) is 14.1. The molecule has 5 nitrogen and oxygen atoms in total. The van der Waals surface area contributed by atoms with Crippen molar-refractivity contribution in [1.29, 1.82) is 0 Å². The summed E-state index contributed by atoms with van der Waals surface area (Å²) in [5, 5.41) is 13.1. The summed E-state index contributed by atoms with van der Waals surface area (Å²) < 4.78 is 22.7. The zero-order chi connectivity index (χ0) is 13.9. The van der Waals surface area contributed by atoms with Crippen LogP contribution in [0.5, 0.6) is 0 Å². The lowest BCUT2D eigenvalue weighted by Gasteiger charge is -1.99. The van der Waals surface area contributed by atoms with Gasteiger partial charge in [-0.05, 0) is 19.2 Å². The van der Waals surface area contributed by atoms with Crippen molar-refractivity contribution >= 4 is 21.2 Å². The fraction of sp³-hybridized carbons (Fsp3) is 0.333. The average Bonchev–Trinajstić information content (AvgIpc) is 2.84. The molecule has 0 atom stereocenters. The van der Waals surface area contributed by atoms with Gasteiger partial charge in [0.15, 0.2) is 9.84 Å². The minimum atomic E-state index is -3.15. The summed E-state index contributed by atoms with van der Waals surface area (Å²) >= 11 is 1.53. The van der Waals surface area contributed by atoms with Crippen molar-refractivity contribution in [1.82, 2.24) is 15.5 Å². The molecule has 1 N–H and O–H groups in total. The third kappa shape index (κ3) is 3.59. The number of benzene rings is 1. The van der Waals surface area contributed by atoms with Gasteiger partial charge in [0, 0.05) is 24.8 Å². The van der Waals surface area contributed by atoms with E-state index >= 15 is 0 Å². The minimum absolute atomic E-state index is 0.316. The van der Waals surface area contributed by atoms with Gasteiger partial charge in [-0.25, -0.2) is 8.42 Å². The number of nitrogens with one attached hydrogen (secondary N) is 1. The van der Waals surface area contributed by atoms with Crippen LogP contribution in [0.4, 0.5) is 0 Å². The molecule has 1 aromatic carbocycles. The number of sulfone groups is 1. The van der Waals surface area contributed by atoms with Crippen LogP contribution >= 0.6 is 11.3 Å². The fourth-order valence-corrected chi connectivity index (χ4v) is 3.02. The van der Waals surface area contributed by atoms with Crippen LogP contribution in [0.15, 0.2) is 29.2 Å². The highest BCUT2D eigenvalue weighted by Gasteiger charge is 2.09. The summed E-state index contributed by atoms with van der Waals surface area (Å²) in [7, 11) is -1.25. The second kappa shape index (κ2) is 5.77. The standard InChI is InChI=1S/C12H15N3O2S2/c1-13-8-7-11-14-15-12(18-11)9-3-5-10(6-4-9)19(2,16)17/h3-6,13H,7-8H2,1-2H3. The molecule has 0 radical (unpaired) electrons. The van der Waals surface area contributed by atoms with Gasteiger partial charge in [0.25, 0.3) is 0 Å². The molecular formula is C12H15N3O2S2. The van der Waals surface area contributed by atoms with E-state index in [2.05, 4.69) is 15.5 Å². The molecule has 102 valence electrons. The number of aromatic nitrogens is 2. The Morgan fingerprint density at radius 3 is 2.47 bits per heavy atom. The van der Waals surface area contributed by atoms with Gasteiger partial charge in [-0.15, -0.1) is 10.2 Å². The van der Waals surface area contributed by atoms with Crippen LogP contribution in [-0.2, 0) is 16.3 Å². The van der Waals surface area contributed by atoms with E-state index in [1.165, 1.54) is 17.6 Å². The smallest absolute Gasteiger partial charge is 0.175 e. The second-order valence-corrected chi connectivity index (χ2v) is 7.23. The van der Waals surface area contributed by atoms with Crippen molar-refractivity contribution < 1.29 is 8.42 Å². The lowest BCUT2D eigenvalue weighted by atomic mass is 10.2. The van der Waals surface area contributed by atoms with Crippen molar-refractivity contribution in [2.75, 3.05) is 19.8 Å². The van der Waals surface area contributed by atoms with Crippen molar-refractivity contribution in [2.24, 2.45) is 0 Å². The molecule has 0 unspecified atom stereocenters. The minimum Gasteiger partial charge on any atom is -0.319 e. The molecule has 0 amide bonds. The molecule has 0 spiro atoms. The summed E-state index contributed by atoms with van der Waals surface area (Å²) in [6, 6.07) is 6.72. The van der Waals surface area contributed by atoms with Gasteiger partial charge in [-0.2, -0.15) is 0 Å². The Labute approximate surface area is 116 Å². The van der Waals surface area contributed by atoms with E-state index < -0.39 is 9.84 Å². The third-order valence-electron chi connectivity index (χ3n) is 2.59. The second-order valence-electron chi connectivity index (χ2n) is 4.15. The molecule has 0 saturated carbocycles. The maximum atomic E-state index is 11.4. The van der Waals surface area contributed by atoms with Gasteiger partial charge < -0.3 is 5.32 Å². The summed E-state index contributed by atoms with van der Waals surface area (Å²) in [5.41, 5.74) is 0.889. The molecule has 2 aromatic rings. The molecule has 1 aromatic heterocycles. The van der Waals surface area contributed by atoms with E-state index in [-0.39, 0.29) is 0 Å². The first-order valence-corrected chi connectivity index (χ1v) is 8.49. The van der Waals surface area contributed by atoms with E-state index in [4.69, 9.17) is 0 Å². The Hall–Kier alpha value is -1.31. The molecule has 0 aliphatic carbocycles. The fourth-order valence-electron chi connectivity index (χ4n) is 1.55. The highest BCUT2D eigenvalue weighted by Crippen LogP contribution is 2.24. The highest BCUT2D eigenvalue weighted by molar-refractivity contribution is 7.90. The number of nitrogens with zero attached hydrogens (tertiary/aromatic N) is 2. The zero-order valence-corrected chi connectivity index (χ0v) is 12.4. The molecular weight excluding hydrogens is 282 g/mol. The SMILES string of the molecule is CNCCc1nnc(-c2ccc(S(C)(=O)=O)cc2)s1. The van der Waals surface area contributed by atoms with Gasteiger partial charge in [-0.1, -0.05) is 23.5 Å². The molecule has 0 aliphatic rings. The monoisotopic (exact) mass is 297 g/mol. The van der Waals surface area contributed by atoms with Crippen LogP contribution in [-0.4, -0.2) is 38.5 Å². The number of hydrogen-bond acceptors (Lipinski definition) is 6. The van der Waals surface area contributed by atoms with Crippen LogP contribution in [0.25, 0.3) is 10.6 Å². The van der Waals surface area contributed by atoms with Gasteiger partial charge in [0.1, 0.15) is 10.0 Å². The lowest BCUT2D eigenvalue weighted by molar-refractivity contribution is 0.602. The quantitative estimate of drug-likeness (QED) is 0.902. The van der Waals surface area contributed by atoms with E-state index in [9.17, 15) is 8.42 Å². The Morgan fingerprint density at radius 1 is 1.21 bits per heavy atom. The first-order valence-electron chi connectivity index (χ1n) is 5.78. The molecule has 19 heavy (non-hydrogen) atoms. The normalized spacial score (nSPS) is 11.7. The van der Waals surface area contributed by atoms with Gasteiger partial charge >= 0.3 is 0 Å². The Bertz CT molecular complexity index is 648. The summed E-state index contributed by atoms with van der Waals surface area (Å²) in [4.78, 5) is 0.316. The third-order valence-corrected chi connectivity index (χ3v) is 4.75. The Kier molecular flexibility index (Phi) is 4.28. The predicted molar refractivity (Wildman–Crippen MR) is 76.1 cm³/mol. The van der Waals surface area contributed by atoms with Gasteiger partial charge in [0.05, 0.1) is 4.90 Å². The van der Waals surface area contributed by atoms with Gasteiger partial charge in [0.2, 0.25) is 0 Å².